The predicted octanol–water partition coefficient (Wildman–Crippen LogP) is 4.61. The highest BCUT2D eigenvalue weighted by Gasteiger charge is 2.13. The van der Waals surface area contributed by atoms with Crippen LogP contribution in [0, 0.1) is 0 Å². The van der Waals surface area contributed by atoms with Gasteiger partial charge < -0.3 is 15.4 Å². The average Bonchev–Trinajstić information content (AvgIpc) is 2.74. The van der Waals surface area contributed by atoms with Crippen molar-refractivity contribution in [2.75, 3.05) is 17.7 Å². The van der Waals surface area contributed by atoms with Crippen LogP contribution in [-0.2, 0) is 12.8 Å². The topological polar surface area (TPSA) is 76.1 Å². The summed E-state index contributed by atoms with van der Waals surface area (Å²) in [6.07, 6.45) is 4.69. The minimum Gasteiger partial charge on any atom is -0.495 e. The zero-order chi connectivity index (χ0) is 19.9. The van der Waals surface area contributed by atoms with Gasteiger partial charge in [-0.25, -0.2) is 9.97 Å². The Bertz CT molecular complexity index is 933. The van der Waals surface area contributed by atoms with Gasteiger partial charge in [-0.3, -0.25) is 4.79 Å². The Balaban J connectivity index is 1.76. The van der Waals surface area contributed by atoms with Crippen molar-refractivity contribution in [3.63, 3.8) is 0 Å². The van der Waals surface area contributed by atoms with E-state index < -0.39 is 0 Å². The molecule has 2 aromatic carbocycles. The van der Waals surface area contributed by atoms with Crippen LogP contribution in [0.1, 0.15) is 35.5 Å². The summed E-state index contributed by atoms with van der Waals surface area (Å²) in [5.41, 5.74) is 4.13. The summed E-state index contributed by atoms with van der Waals surface area (Å²) in [6.45, 7) is 4.14. The van der Waals surface area contributed by atoms with E-state index in [1.807, 2.05) is 42.5 Å². The predicted molar refractivity (Wildman–Crippen MR) is 111 cm³/mol. The van der Waals surface area contributed by atoms with Gasteiger partial charge in [0.25, 0.3) is 5.91 Å². The third-order valence-corrected chi connectivity index (χ3v) is 4.49. The maximum Gasteiger partial charge on any atom is 0.275 e. The van der Waals surface area contributed by atoms with E-state index in [4.69, 9.17) is 4.74 Å². The summed E-state index contributed by atoms with van der Waals surface area (Å²) in [7, 11) is 1.61. The highest BCUT2D eigenvalue weighted by Crippen LogP contribution is 2.26. The van der Waals surface area contributed by atoms with E-state index in [1.54, 1.807) is 7.11 Å². The summed E-state index contributed by atoms with van der Waals surface area (Å²) in [5, 5.41) is 6.15. The number of carbonyl (C=O) groups excluding carboxylic acids is 1. The Labute approximate surface area is 165 Å². The van der Waals surface area contributed by atoms with Crippen molar-refractivity contribution < 1.29 is 9.53 Å². The Morgan fingerprint density at radius 1 is 0.964 bits per heavy atom. The van der Waals surface area contributed by atoms with Gasteiger partial charge in [-0.05, 0) is 36.1 Å². The molecule has 0 spiro atoms. The van der Waals surface area contributed by atoms with Crippen LogP contribution in [0.3, 0.4) is 0 Å². The first-order valence-electron chi connectivity index (χ1n) is 9.30. The average molecular weight is 376 g/mol. The number of hydrogen-bond donors (Lipinski definition) is 2. The number of methoxy groups -OCH3 is 1. The molecule has 1 heterocycles. The highest BCUT2D eigenvalue weighted by molar-refractivity contribution is 6.03. The number of ether oxygens (including phenoxy) is 1. The molecule has 0 saturated carbocycles. The largest absolute Gasteiger partial charge is 0.495 e. The molecule has 28 heavy (non-hydrogen) atoms. The van der Waals surface area contributed by atoms with Gasteiger partial charge in [0.1, 0.15) is 17.3 Å². The van der Waals surface area contributed by atoms with Gasteiger partial charge in [0.2, 0.25) is 0 Å². The molecule has 1 amide bonds. The van der Waals surface area contributed by atoms with E-state index in [9.17, 15) is 4.79 Å². The van der Waals surface area contributed by atoms with E-state index in [1.165, 1.54) is 12.4 Å². The van der Waals surface area contributed by atoms with Crippen LogP contribution in [0.4, 0.5) is 17.2 Å². The number of aromatic nitrogens is 2. The zero-order valence-electron chi connectivity index (χ0n) is 16.3. The number of nitrogens with one attached hydrogen (secondary N) is 2. The fourth-order valence-corrected chi connectivity index (χ4v) is 2.98. The minimum absolute atomic E-state index is 0.263. The van der Waals surface area contributed by atoms with E-state index >= 15 is 0 Å². The Hall–Kier alpha value is -3.41. The molecule has 0 radical (unpaired) electrons. The standard InChI is InChI=1S/C22H24N4O2/c1-4-15-9-8-10-16(5-2)21(15)26-22(27)18-13-24-20(14-23-18)25-17-11-6-7-12-19(17)28-3/h6-14H,4-5H2,1-3H3,(H,24,25)(H,26,27). The maximum absolute atomic E-state index is 12.7. The monoisotopic (exact) mass is 376 g/mol. The summed E-state index contributed by atoms with van der Waals surface area (Å²) in [4.78, 5) is 21.2. The molecule has 0 unspecified atom stereocenters. The highest BCUT2D eigenvalue weighted by atomic mass is 16.5. The van der Waals surface area contributed by atoms with Crippen molar-refractivity contribution in [2.45, 2.75) is 26.7 Å². The second-order valence-corrected chi connectivity index (χ2v) is 6.22. The molecule has 0 saturated heterocycles. The molecule has 0 fully saturated rings. The number of aryl methyl sites for hydroxylation is 2. The molecule has 3 rings (SSSR count). The first-order chi connectivity index (χ1) is 13.7. The zero-order valence-corrected chi connectivity index (χ0v) is 16.3. The fraction of sp³-hybridized carbons (Fsp3) is 0.227. The van der Waals surface area contributed by atoms with Gasteiger partial charge >= 0.3 is 0 Å². The molecule has 6 heteroatoms. The van der Waals surface area contributed by atoms with E-state index in [2.05, 4.69) is 34.4 Å². The van der Waals surface area contributed by atoms with Crippen molar-refractivity contribution in [3.05, 3.63) is 71.7 Å². The van der Waals surface area contributed by atoms with Gasteiger partial charge in [-0.15, -0.1) is 0 Å². The third kappa shape index (κ3) is 4.28. The molecule has 1 aromatic heterocycles. The third-order valence-electron chi connectivity index (χ3n) is 4.49. The van der Waals surface area contributed by atoms with Crippen LogP contribution in [0.25, 0.3) is 0 Å². The lowest BCUT2D eigenvalue weighted by Gasteiger charge is -2.14. The molecule has 0 atom stereocenters. The number of rotatable bonds is 7. The van der Waals surface area contributed by atoms with Crippen LogP contribution in [0.5, 0.6) is 5.75 Å². The molecule has 3 aromatic rings. The van der Waals surface area contributed by atoms with E-state index in [-0.39, 0.29) is 11.6 Å². The van der Waals surface area contributed by atoms with Crippen molar-refractivity contribution >= 4 is 23.1 Å². The first-order valence-corrected chi connectivity index (χ1v) is 9.30. The number of carbonyl (C=O) groups is 1. The van der Waals surface area contributed by atoms with E-state index in [0.29, 0.717) is 11.6 Å². The molecular formula is C22H24N4O2. The Kier molecular flexibility index (Phi) is 6.22. The van der Waals surface area contributed by atoms with Crippen LogP contribution in [-0.4, -0.2) is 23.0 Å². The fourth-order valence-electron chi connectivity index (χ4n) is 2.98. The van der Waals surface area contributed by atoms with Crippen LogP contribution in [0.2, 0.25) is 0 Å². The molecule has 0 aliphatic heterocycles. The van der Waals surface area contributed by atoms with Crippen LogP contribution >= 0.6 is 0 Å². The second kappa shape index (κ2) is 8.99. The first kappa shape index (κ1) is 19.4. The molecule has 2 N–H and O–H groups in total. The van der Waals surface area contributed by atoms with Gasteiger partial charge in [0.15, 0.2) is 0 Å². The number of hydrogen-bond acceptors (Lipinski definition) is 5. The normalized spacial score (nSPS) is 10.4. The summed E-state index contributed by atoms with van der Waals surface area (Å²) >= 11 is 0. The van der Waals surface area contributed by atoms with Gasteiger partial charge in [-0.1, -0.05) is 44.2 Å². The maximum atomic E-state index is 12.7. The number of para-hydroxylation sites is 3. The number of anilines is 3. The molecule has 0 aliphatic carbocycles. The van der Waals surface area contributed by atoms with Crippen LogP contribution in [0.15, 0.2) is 54.9 Å². The molecule has 0 bridgehead atoms. The van der Waals surface area contributed by atoms with Crippen molar-refractivity contribution in [1.29, 1.82) is 0 Å². The van der Waals surface area contributed by atoms with Gasteiger partial charge in [0.05, 0.1) is 25.2 Å². The van der Waals surface area contributed by atoms with Gasteiger partial charge in [0, 0.05) is 5.69 Å². The Morgan fingerprint density at radius 2 is 1.68 bits per heavy atom. The summed E-state index contributed by atoms with van der Waals surface area (Å²) in [5.74, 6) is 0.964. The second-order valence-electron chi connectivity index (χ2n) is 6.22. The molecule has 6 nitrogen and oxygen atoms in total. The number of amides is 1. The number of nitrogens with zero attached hydrogens (tertiary/aromatic N) is 2. The van der Waals surface area contributed by atoms with Crippen molar-refractivity contribution in [1.82, 2.24) is 9.97 Å². The molecular weight excluding hydrogens is 352 g/mol. The lowest BCUT2D eigenvalue weighted by Crippen LogP contribution is -2.16. The lowest BCUT2D eigenvalue weighted by molar-refractivity contribution is 0.102. The molecule has 144 valence electrons. The van der Waals surface area contributed by atoms with Crippen molar-refractivity contribution in [3.8, 4) is 5.75 Å². The van der Waals surface area contributed by atoms with Gasteiger partial charge in [-0.2, -0.15) is 0 Å². The van der Waals surface area contributed by atoms with E-state index in [0.717, 1.165) is 35.3 Å². The lowest BCUT2D eigenvalue weighted by atomic mass is 10.0. The Morgan fingerprint density at radius 3 is 2.29 bits per heavy atom. The SMILES string of the molecule is CCc1cccc(CC)c1NC(=O)c1cnc(Nc2ccccc2OC)cn1. The van der Waals surface area contributed by atoms with Crippen LogP contribution < -0.4 is 15.4 Å². The molecule has 0 aliphatic rings. The number of benzene rings is 2. The smallest absolute Gasteiger partial charge is 0.275 e. The quantitative estimate of drug-likeness (QED) is 0.630. The van der Waals surface area contributed by atoms with Crippen molar-refractivity contribution in [2.24, 2.45) is 0 Å². The summed E-state index contributed by atoms with van der Waals surface area (Å²) < 4.78 is 5.31. The summed E-state index contributed by atoms with van der Waals surface area (Å²) in [6, 6.07) is 13.6. The minimum atomic E-state index is -0.271.